The van der Waals surface area contributed by atoms with Crippen molar-refractivity contribution in [2.75, 3.05) is 9.62 Å². The molecule has 1 saturated heterocycles. The number of amides is 2. The van der Waals surface area contributed by atoms with Crippen LogP contribution >= 0.6 is 11.6 Å². The van der Waals surface area contributed by atoms with Gasteiger partial charge in [0.05, 0.1) is 16.3 Å². The number of anilines is 2. The number of carbonyl (C=O) groups excluding carboxylic acids is 2. The second-order valence-electron chi connectivity index (χ2n) is 5.99. The molecule has 3 rings (SSSR count). The first kappa shape index (κ1) is 18.4. The topological polar surface area (TPSA) is 83.6 Å². The van der Waals surface area contributed by atoms with Crippen molar-refractivity contribution < 1.29 is 18.0 Å². The summed E-state index contributed by atoms with van der Waals surface area (Å²) in [5.74, 6) is -0.547. The normalized spacial score (nSPS) is 15.2. The minimum Gasteiger partial charge on any atom is -0.279 e. The number of imide groups is 1. The molecule has 0 spiro atoms. The first-order chi connectivity index (χ1) is 12.3. The summed E-state index contributed by atoms with van der Waals surface area (Å²) in [7, 11) is -3.82. The Hall–Kier alpha value is -2.38. The zero-order valence-electron chi connectivity index (χ0n) is 14.0. The molecule has 6 nitrogen and oxygen atoms in total. The lowest BCUT2D eigenvalue weighted by molar-refractivity contribution is -0.129. The van der Waals surface area contributed by atoms with Gasteiger partial charge in [0.1, 0.15) is 0 Å². The van der Waals surface area contributed by atoms with Gasteiger partial charge in [0.25, 0.3) is 10.0 Å². The molecule has 1 aliphatic heterocycles. The molecule has 0 unspecified atom stereocenters. The Morgan fingerprint density at radius 3 is 2.23 bits per heavy atom. The minimum absolute atomic E-state index is 0.0255. The minimum atomic E-state index is -3.82. The molecule has 26 heavy (non-hydrogen) atoms. The molecule has 1 aliphatic rings. The molecule has 1 heterocycles. The van der Waals surface area contributed by atoms with Crippen molar-refractivity contribution in [2.24, 2.45) is 0 Å². The van der Waals surface area contributed by atoms with Gasteiger partial charge in [-0.2, -0.15) is 0 Å². The fraction of sp³-hybridized carbons (Fsp3) is 0.222. The quantitative estimate of drug-likeness (QED) is 0.807. The van der Waals surface area contributed by atoms with Crippen molar-refractivity contribution in [2.45, 2.75) is 31.1 Å². The van der Waals surface area contributed by atoms with E-state index in [4.69, 9.17) is 11.6 Å². The number of carbonyl (C=O) groups is 2. The summed E-state index contributed by atoms with van der Waals surface area (Å²) in [5.41, 5.74) is 1.39. The smallest absolute Gasteiger partial charge is 0.261 e. The van der Waals surface area contributed by atoms with Gasteiger partial charge < -0.3 is 0 Å². The second-order valence-corrected chi connectivity index (χ2v) is 8.08. The highest BCUT2D eigenvalue weighted by molar-refractivity contribution is 7.92. The van der Waals surface area contributed by atoms with E-state index in [2.05, 4.69) is 4.72 Å². The molecular formula is C18H17ClN2O4S. The molecular weight excluding hydrogens is 376 g/mol. The summed E-state index contributed by atoms with van der Waals surface area (Å²) in [4.78, 5) is 25.1. The van der Waals surface area contributed by atoms with Gasteiger partial charge in [-0.3, -0.25) is 19.2 Å². The summed E-state index contributed by atoms with van der Waals surface area (Å²) in [6.07, 6.45) is 1.16. The van der Waals surface area contributed by atoms with Crippen LogP contribution in [0.5, 0.6) is 0 Å². The predicted molar refractivity (Wildman–Crippen MR) is 99.8 cm³/mol. The molecule has 0 saturated carbocycles. The van der Waals surface area contributed by atoms with Gasteiger partial charge in [0.15, 0.2) is 0 Å². The molecule has 1 N–H and O–H groups in total. The van der Waals surface area contributed by atoms with Crippen molar-refractivity contribution in [3.8, 4) is 0 Å². The number of sulfonamides is 1. The van der Waals surface area contributed by atoms with E-state index in [1.807, 2.05) is 0 Å². The molecule has 8 heteroatoms. The van der Waals surface area contributed by atoms with Crippen molar-refractivity contribution in [3.63, 3.8) is 0 Å². The van der Waals surface area contributed by atoms with Gasteiger partial charge in [-0.05, 0) is 55.3 Å². The maximum Gasteiger partial charge on any atom is 0.261 e. The van der Waals surface area contributed by atoms with Gasteiger partial charge in [0, 0.05) is 17.9 Å². The average Bonchev–Trinajstić information content (AvgIpc) is 2.59. The van der Waals surface area contributed by atoms with Crippen LogP contribution in [-0.2, 0) is 19.6 Å². The molecule has 1 fully saturated rings. The highest BCUT2D eigenvalue weighted by atomic mass is 35.5. The summed E-state index contributed by atoms with van der Waals surface area (Å²) in [6.45, 7) is 1.72. The standard InChI is InChI=1S/C18H17ClN2O4S/c1-12-15(19)4-2-5-16(12)20-26(24,25)14-10-8-13(9-11-14)21-17(22)6-3-7-18(21)23/h2,4-5,8-11,20H,3,6-7H2,1H3. The molecule has 136 valence electrons. The zero-order chi connectivity index (χ0) is 18.9. The highest BCUT2D eigenvalue weighted by Gasteiger charge is 2.27. The number of halogens is 1. The average molecular weight is 393 g/mol. The Morgan fingerprint density at radius 1 is 1.00 bits per heavy atom. The number of piperidine rings is 1. The Balaban J connectivity index is 1.86. The first-order valence-corrected chi connectivity index (χ1v) is 9.89. The first-order valence-electron chi connectivity index (χ1n) is 8.03. The van der Waals surface area contributed by atoms with E-state index in [-0.39, 0.29) is 16.7 Å². The van der Waals surface area contributed by atoms with E-state index < -0.39 is 10.0 Å². The lowest BCUT2D eigenvalue weighted by Gasteiger charge is -2.25. The van der Waals surface area contributed by atoms with Crippen molar-refractivity contribution in [1.29, 1.82) is 0 Å². The molecule has 0 radical (unpaired) electrons. The fourth-order valence-corrected chi connectivity index (χ4v) is 4.04. The third-order valence-electron chi connectivity index (χ3n) is 4.20. The van der Waals surface area contributed by atoms with Gasteiger partial charge >= 0.3 is 0 Å². The molecule has 0 atom stereocenters. The summed E-state index contributed by atoms with van der Waals surface area (Å²) < 4.78 is 27.7. The number of rotatable bonds is 4. The third kappa shape index (κ3) is 3.59. The maximum atomic E-state index is 12.6. The van der Waals surface area contributed by atoms with Crippen molar-refractivity contribution >= 4 is 44.8 Å². The molecule has 2 amide bonds. The number of hydrogen-bond acceptors (Lipinski definition) is 4. The number of hydrogen-bond donors (Lipinski definition) is 1. The molecule has 2 aromatic carbocycles. The van der Waals surface area contributed by atoms with Gasteiger partial charge in [-0.15, -0.1) is 0 Å². The van der Waals surface area contributed by atoms with E-state index in [9.17, 15) is 18.0 Å². The van der Waals surface area contributed by atoms with Crippen LogP contribution in [0.15, 0.2) is 47.4 Å². The fourth-order valence-electron chi connectivity index (χ4n) is 2.74. The molecule has 0 aliphatic carbocycles. The van der Waals surface area contributed by atoms with E-state index in [0.29, 0.717) is 41.2 Å². The Labute approximate surface area is 156 Å². The number of nitrogens with zero attached hydrogens (tertiary/aromatic N) is 1. The van der Waals surface area contributed by atoms with E-state index in [1.165, 1.54) is 24.3 Å². The molecule has 0 aromatic heterocycles. The Kier molecular flexibility index (Phi) is 5.02. The van der Waals surface area contributed by atoms with Crippen LogP contribution < -0.4 is 9.62 Å². The van der Waals surface area contributed by atoms with Crippen molar-refractivity contribution in [3.05, 3.63) is 53.1 Å². The Bertz CT molecular complexity index is 955. The Morgan fingerprint density at radius 2 is 1.62 bits per heavy atom. The lowest BCUT2D eigenvalue weighted by atomic mass is 10.1. The van der Waals surface area contributed by atoms with Crippen LogP contribution in [0, 0.1) is 6.92 Å². The van der Waals surface area contributed by atoms with Gasteiger partial charge in [0.2, 0.25) is 11.8 Å². The van der Waals surface area contributed by atoms with Gasteiger partial charge in [-0.25, -0.2) is 8.42 Å². The van der Waals surface area contributed by atoms with E-state index >= 15 is 0 Å². The van der Waals surface area contributed by atoms with Crippen LogP contribution in [0.25, 0.3) is 0 Å². The predicted octanol–water partition coefficient (Wildman–Crippen LogP) is 3.49. The number of nitrogens with one attached hydrogen (secondary N) is 1. The second kappa shape index (κ2) is 7.09. The molecule has 0 bridgehead atoms. The van der Waals surface area contributed by atoms with Crippen LogP contribution in [0.2, 0.25) is 5.02 Å². The van der Waals surface area contributed by atoms with Crippen molar-refractivity contribution in [1.82, 2.24) is 0 Å². The van der Waals surface area contributed by atoms with Crippen LogP contribution in [0.1, 0.15) is 24.8 Å². The monoisotopic (exact) mass is 392 g/mol. The van der Waals surface area contributed by atoms with Crippen LogP contribution in [-0.4, -0.2) is 20.2 Å². The van der Waals surface area contributed by atoms with E-state index in [0.717, 1.165) is 4.90 Å². The summed E-state index contributed by atoms with van der Waals surface area (Å²) in [6, 6.07) is 10.6. The van der Waals surface area contributed by atoms with Gasteiger partial charge in [-0.1, -0.05) is 17.7 Å². The SMILES string of the molecule is Cc1c(Cl)cccc1NS(=O)(=O)c1ccc(N2C(=O)CCCC2=O)cc1. The number of benzene rings is 2. The highest BCUT2D eigenvalue weighted by Crippen LogP contribution is 2.27. The zero-order valence-corrected chi connectivity index (χ0v) is 15.6. The molecule has 2 aromatic rings. The van der Waals surface area contributed by atoms with Crippen LogP contribution in [0.3, 0.4) is 0 Å². The lowest BCUT2D eigenvalue weighted by Crippen LogP contribution is -2.40. The van der Waals surface area contributed by atoms with Crippen LogP contribution in [0.4, 0.5) is 11.4 Å². The summed E-state index contributed by atoms with van der Waals surface area (Å²) in [5, 5.41) is 0.461. The third-order valence-corrected chi connectivity index (χ3v) is 5.99. The largest absolute Gasteiger partial charge is 0.279 e. The maximum absolute atomic E-state index is 12.6. The van der Waals surface area contributed by atoms with E-state index in [1.54, 1.807) is 25.1 Å². The summed E-state index contributed by atoms with van der Waals surface area (Å²) >= 11 is 6.02.